The van der Waals surface area contributed by atoms with Crippen LogP contribution in [0.25, 0.3) is 11.3 Å². The molecule has 1 heterocycles. The summed E-state index contributed by atoms with van der Waals surface area (Å²) in [7, 11) is 0. The van der Waals surface area contributed by atoms with Gasteiger partial charge in [-0.3, -0.25) is 4.79 Å². The molecule has 17 heavy (non-hydrogen) atoms. The molecule has 0 radical (unpaired) electrons. The Hall–Kier alpha value is -1.97. The summed E-state index contributed by atoms with van der Waals surface area (Å²) < 4.78 is 13.2. The van der Waals surface area contributed by atoms with Crippen LogP contribution < -0.4 is 5.56 Å². The van der Waals surface area contributed by atoms with Gasteiger partial charge in [0.2, 0.25) is 0 Å². The monoisotopic (exact) mass is 232 g/mol. The highest BCUT2D eigenvalue weighted by molar-refractivity contribution is 5.63. The third-order valence-corrected chi connectivity index (χ3v) is 2.73. The number of aromatic nitrogens is 2. The minimum absolute atomic E-state index is 0.139. The summed E-state index contributed by atoms with van der Waals surface area (Å²) in [5.74, 6) is -0.253. The van der Waals surface area contributed by atoms with Crippen molar-refractivity contribution in [3.05, 3.63) is 51.8 Å². The quantitative estimate of drug-likeness (QED) is 0.864. The van der Waals surface area contributed by atoms with E-state index in [0.717, 1.165) is 5.56 Å². The lowest BCUT2D eigenvalue weighted by Gasteiger charge is -2.06. The van der Waals surface area contributed by atoms with E-state index in [9.17, 15) is 9.18 Å². The van der Waals surface area contributed by atoms with Crippen LogP contribution in [-0.4, -0.2) is 9.97 Å². The number of H-pyrrole nitrogens is 1. The zero-order chi connectivity index (χ0) is 12.4. The smallest absolute Gasteiger partial charge is 0.254 e. The van der Waals surface area contributed by atoms with Crippen molar-refractivity contribution >= 4 is 0 Å². The van der Waals surface area contributed by atoms with Gasteiger partial charge in [0.05, 0.1) is 12.0 Å². The number of benzene rings is 1. The van der Waals surface area contributed by atoms with Gasteiger partial charge in [-0.15, -0.1) is 0 Å². The molecule has 2 rings (SSSR count). The second-order valence-corrected chi connectivity index (χ2v) is 3.88. The number of aromatic amines is 1. The van der Waals surface area contributed by atoms with Crippen LogP contribution in [0.3, 0.4) is 0 Å². The maximum atomic E-state index is 13.2. The Labute approximate surface area is 98.3 Å². The maximum Gasteiger partial charge on any atom is 0.254 e. The fraction of sp³-hybridized carbons (Fsp3) is 0.231. The average Bonchev–Trinajstić information content (AvgIpc) is 2.32. The molecule has 2 aromatic rings. The first-order valence-corrected chi connectivity index (χ1v) is 5.46. The third kappa shape index (κ3) is 2.11. The number of aryl methyl sites for hydroxylation is 1. The molecular formula is C13H13FN2O. The fourth-order valence-corrected chi connectivity index (χ4v) is 1.80. The van der Waals surface area contributed by atoms with E-state index in [1.54, 1.807) is 19.1 Å². The fourth-order valence-electron chi connectivity index (χ4n) is 1.80. The van der Waals surface area contributed by atoms with Gasteiger partial charge in [-0.25, -0.2) is 9.37 Å². The summed E-state index contributed by atoms with van der Waals surface area (Å²) in [6.07, 6.45) is 1.96. The van der Waals surface area contributed by atoms with E-state index in [-0.39, 0.29) is 11.4 Å². The topological polar surface area (TPSA) is 45.8 Å². The van der Waals surface area contributed by atoms with Gasteiger partial charge in [-0.05, 0) is 37.1 Å². The van der Waals surface area contributed by atoms with Crippen molar-refractivity contribution in [1.82, 2.24) is 9.97 Å². The Balaban J connectivity index is 2.64. The molecule has 0 amide bonds. The second-order valence-electron chi connectivity index (χ2n) is 3.88. The molecule has 0 aliphatic rings. The molecule has 0 unspecified atom stereocenters. The molecule has 0 fully saturated rings. The van der Waals surface area contributed by atoms with Crippen molar-refractivity contribution in [1.29, 1.82) is 0 Å². The number of halogens is 1. The summed E-state index contributed by atoms with van der Waals surface area (Å²) >= 11 is 0. The molecule has 0 saturated heterocycles. The van der Waals surface area contributed by atoms with Crippen LogP contribution in [0.15, 0.2) is 29.3 Å². The third-order valence-electron chi connectivity index (χ3n) is 2.73. The first-order valence-electron chi connectivity index (χ1n) is 5.46. The summed E-state index contributed by atoms with van der Waals surface area (Å²) in [6.45, 7) is 3.59. The van der Waals surface area contributed by atoms with Crippen LogP contribution in [0.4, 0.5) is 4.39 Å². The Morgan fingerprint density at radius 1 is 1.41 bits per heavy atom. The Kier molecular flexibility index (Phi) is 3.04. The molecule has 1 aromatic heterocycles. The summed E-state index contributed by atoms with van der Waals surface area (Å²) in [4.78, 5) is 18.3. The second kappa shape index (κ2) is 4.49. The van der Waals surface area contributed by atoms with Crippen LogP contribution in [0, 0.1) is 12.7 Å². The van der Waals surface area contributed by atoms with Gasteiger partial charge in [0.15, 0.2) is 0 Å². The van der Waals surface area contributed by atoms with E-state index in [1.165, 1.54) is 12.4 Å². The van der Waals surface area contributed by atoms with Gasteiger partial charge in [0.1, 0.15) is 5.82 Å². The summed E-state index contributed by atoms with van der Waals surface area (Å²) in [6, 6.07) is 4.74. The van der Waals surface area contributed by atoms with E-state index < -0.39 is 0 Å². The van der Waals surface area contributed by atoms with E-state index in [0.29, 0.717) is 23.2 Å². The standard InChI is InChI=1S/C13H13FN2O/c1-3-10-12(15-7-16-13(10)17)9-4-5-11(14)8(2)6-9/h4-7H,3H2,1-2H3,(H,15,16,17). The highest BCUT2D eigenvalue weighted by Gasteiger charge is 2.10. The predicted molar refractivity (Wildman–Crippen MR) is 64.4 cm³/mol. The van der Waals surface area contributed by atoms with Crippen LogP contribution >= 0.6 is 0 Å². The molecule has 0 atom stereocenters. The lowest BCUT2D eigenvalue weighted by molar-refractivity contribution is 0.618. The predicted octanol–water partition coefficient (Wildman–Crippen LogP) is 2.45. The Morgan fingerprint density at radius 2 is 2.18 bits per heavy atom. The molecule has 1 aromatic carbocycles. The molecule has 0 saturated carbocycles. The molecule has 0 spiro atoms. The van der Waals surface area contributed by atoms with Gasteiger partial charge in [-0.2, -0.15) is 0 Å². The highest BCUT2D eigenvalue weighted by atomic mass is 19.1. The molecule has 3 nitrogen and oxygen atoms in total. The van der Waals surface area contributed by atoms with Crippen LogP contribution in [-0.2, 0) is 6.42 Å². The van der Waals surface area contributed by atoms with Gasteiger partial charge in [0.25, 0.3) is 5.56 Å². The van der Waals surface area contributed by atoms with Crippen molar-refractivity contribution in [2.75, 3.05) is 0 Å². The Morgan fingerprint density at radius 3 is 2.82 bits per heavy atom. The molecular weight excluding hydrogens is 219 g/mol. The molecule has 0 bridgehead atoms. The minimum atomic E-state index is -0.253. The highest BCUT2D eigenvalue weighted by Crippen LogP contribution is 2.21. The number of hydrogen-bond acceptors (Lipinski definition) is 2. The Bertz CT molecular complexity index is 605. The lowest BCUT2D eigenvalue weighted by Crippen LogP contribution is -2.14. The molecule has 1 N–H and O–H groups in total. The number of hydrogen-bond donors (Lipinski definition) is 1. The van der Waals surface area contributed by atoms with Gasteiger partial charge in [0, 0.05) is 11.1 Å². The lowest BCUT2D eigenvalue weighted by atomic mass is 10.0. The van der Waals surface area contributed by atoms with E-state index in [4.69, 9.17) is 0 Å². The van der Waals surface area contributed by atoms with Gasteiger partial charge < -0.3 is 4.98 Å². The van der Waals surface area contributed by atoms with Gasteiger partial charge in [-0.1, -0.05) is 6.92 Å². The first kappa shape index (κ1) is 11.5. The van der Waals surface area contributed by atoms with Crippen molar-refractivity contribution < 1.29 is 4.39 Å². The van der Waals surface area contributed by atoms with Crippen LogP contribution in [0.5, 0.6) is 0 Å². The summed E-state index contributed by atoms with van der Waals surface area (Å²) in [5.41, 5.74) is 2.43. The largest absolute Gasteiger partial charge is 0.313 e. The number of nitrogens with one attached hydrogen (secondary N) is 1. The summed E-state index contributed by atoms with van der Waals surface area (Å²) in [5, 5.41) is 0. The van der Waals surface area contributed by atoms with E-state index >= 15 is 0 Å². The number of rotatable bonds is 2. The van der Waals surface area contributed by atoms with Crippen molar-refractivity contribution in [2.24, 2.45) is 0 Å². The molecule has 0 aliphatic heterocycles. The van der Waals surface area contributed by atoms with Crippen LogP contribution in [0.1, 0.15) is 18.1 Å². The normalized spacial score (nSPS) is 10.5. The average molecular weight is 232 g/mol. The molecule has 4 heteroatoms. The number of nitrogens with zero attached hydrogens (tertiary/aromatic N) is 1. The molecule has 88 valence electrons. The zero-order valence-corrected chi connectivity index (χ0v) is 9.75. The molecule has 0 aliphatic carbocycles. The van der Waals surface area contributed by atoms with E-state index in [1.807, 2.05) is 6.92 Å². The van der Waals surface area contributed by atoms with Crippen LogP contribution in [0.2, 0.25) is 0 Å². The van der Waals surface area contributed by atoms with E-state index in [2.05, 4.69) is 9.97 Å². The minimum Gasteiger partial charge on any atom is -0.313 e. The SMILES string of the molecule is CCc1c(-c2ccc(F)c(C)c2)nc[nH]c1=O. The van der Waals surface area contributed by atoms with Crippen molar-refractivity contribution in [3.63, 3.8) is 0 Å². The maximum absolute atomic E-state index is 13.2. The van der Waals surface area contributed by atoms with Gasteiger partial charge >= 0.3 is 0 Å². The van der Waals surface area contributed by atoms with Crippen molar-refractivity contribution in [3.8, 4) is 11.3 Å². The first-order chi connectivity index (χ1) is 8.13. The zero-order valence-electron chi connectivity index (χ0n) is 9.75. The van der Waals surface area contributed by atoms with Crippen molar-refractivity contribution in [2.45, 2.75) is 20.3 Å².